The van der Waals surface area contributed by atoms with E-state index in [1.54, 1.807) is 24.3 Å². The van der Waals surface area contributed by atoms with Crippen LogP contribution in [0.2, 0.25) is 5.02 Å². The number of carbonyl (C=O) groups excluding carboxylic acids is 1. The van der Waals surface area contributed by atoms with Gasteiger partial charge in [-0.25, -0.2) is 24.1 Å². The van der Waals surface area contributed by atoms with Gasteiger partial charge < -0.3 is 18.6 Å². The third kappa shape index (κ3) is 6.25. The Kier molecular flexibility index (Phi) is 8.39. The molecule has 0 bridgehead atoms. The van der Waals surface area contributed by atoms with Gasteiger partial charge in [0.2, 0.25) is 5.88 Å². The van der Waals surface area contributed by atoms with Crippen LogP contribution in [0.25, 0.3) is 11.2 Å². The van der Waals surface area contributed by atoms with Gasteiger partial charge in [0.25, 0.3) is 0 Å². The SMILES string of the molecule is CCn1cncc1Cn1c(CN2CCC(n3ccc(OCc4ccc(Cl)cc4F)n3)CC2)nc2ccc(C(=O)OC)nc21. The molecule has 0 amide bonds. The Morgan fingerprint density at radius 1 is 1.12 bits per heavy atom. The van der Waals surface area contributed by atoms with E-state index in [2.05, 4.69) is 36.0 Å². The average Bonchev–Trinajstić information content (AvgIpc) is 3.76. The predicted octanol–water partition coefficient (Wildman–Crippen LogP) is 4.89. The molecule has 1 aromatic carbocycles. The first kappa shape index (κ1) is 28.8. The minimum atomic E-state index is -0.485. The van der Waals surface area contributed by atoms with E-state index in [1.807, 2.05) is 29.5 Å². The molecule has 0 atom stereocenters. The maximum Gasteiger partial charge on any atom is 0.356 e. The second-order valence-corrected chi connectivity index (χ2v) is 10.9. The van der Waals surface area contributed by atoms with E-state index < -0.39 is 11.8 Å². The number of likely N-dealkylation sites (tertiary alicyclic amines) is 1. The van der Waals surface area contributed by atoms with Crippen molar-refractivity contribution in [3.8, 4) is 5.88 Å². The summed E-state index contributed by atoms with van der Waals surface area (Å²) in [7, 11) is 1.35. The van der Waals surface area contributed by atoms with E-state index in [4.69, 9.17) is 26.1 Å². The summed E-state index contributed by atoms with van der Waals surface area (Å²) in [5.74, 6) is 0.441. The number of fused-ring (bicyclic) bond motifs is 1. The molecule has 224 valence electrons. The first-order valence-electron chi connectivity index (χ1n) is 14.2. The van der Waals surface area contributed by atoms with Gasteiger partial charge in [-0.3, -0.25) is 9.58 Å². The third-order valence-electron chi connectivity index (χ3n) is 7.80. The van der Waals surface area contributed by atoms with Gasteiger partial charge in [0.05, 0.1) is 38.3 Å². The fourth-order valence-electron chi connectivity index (χ4n) is 5.41. The summed E-state index contributed by atoms with van der Waals surface area (Å²) in [6.07, 6.45) is 7.38. The molecule has 0 aliphatic carbocycles. The number of aromatic nitrogens is 7. The van der Waals surface area contributed by atoms with Crippen molar-refractivity contribution >= 4 is 28.7 Å². The summed E-state index contributed by atoms with van der Waals surface area (Å²) in [5, 5.41) is 4.94. The van der Waals surface area contributed by atoms with Gasteiger partial charge in [0.15, 0.2) is 11.3 Å². The molecule has 1 fully saturated rings. The monoisotopic (exact) mass is 606 g/mol. The third-order valence-corrected chi connectivity index (χ3v) is 8.03. The summed E-state index contributed by atoms with van der Waals surface area (Å²) < 4.78 is 30.8. The summed E-state index contributed by atoms with van der Waals surface area (Å²) in [6.45, 7) is 5.82. The van der Waals surface area contributed by atoms with Crippen molar-refractivity contribution in [3.63, 3.8) is 0 Å². The largest absolute Gasteiger partial charge is 0.472 e. The zero-order chi connectivity index (χ0) is 29.9. The van der Waals surface area contributed by atoms with Gasteiger partial charge in [0, 0.05) is 48.7 Å². The molecule has 0 saturated carbocycles. The highest BCUT2D eigenvalue weighted by Gasteiger charge is 2.24. The molecule has 4 aromatic heterocycles. The highest BCUT2D eigenvalue weighted by atomic mass is 35.5. The lowest BCUT2D eigenvalue weighted by Crippen LogP contribution is -2.35. The second-order valence-electron chi connectivity index (χ2n) is 10.5. The van der Waals surface area contributed by atoms with Crippen molar-refractivity contribution in [1.29, 1.82) is 0 Å². The summed E-state index contributed by atoms with van der Waals surface area (Å²) in [6, 6.07) is 10.0. The first-order chi connectivity index (χ1) is 20.9. The lowest BCUT2D eigenvalue weighted by atomic mass is 10.1. The minimum Gasteiger partial charge on any atom is -0.472 e. The van der Waals surface area contributed by atoms with Gasteiger partial charge >= 0.3 is 5.97 Å². The molecule has 1 aliphatic rings. The number of esters is 1. The number of pyridine rings is 1. The van der Waals surface area contributed by atoms with Gasteiger partial charge in [-0.15, -0.1) is 5.10 Å². The van der Waals surface area contributed by atoms with Crippen molar-refractivity contribution in [2.75, 3.05) is 20.2 Å². The normalized spacial score (nSPS) is 14.4. The molecule has 5 aromatic rings. The van der Waals surface area contributed by atoms with Crippen LogP contribution >= 0.6 is 11.6 Å². The van der Waals surface area contributed by atoms with Crippen molar-refractivity contribution < 1.29 is 18.7 Å². The van der Waals surface area contributed by atoms with E-state index in [0.717, 1.165) is 49.5 Å². The number of piperidine rings is 1. The van der Waals surface area contributed by atoms with Crippen LogP contribution in [0.1, 0.15) is 53.4 Å². The summed E-state index contributed by atoms with van der Waals surface area (Å²) >= 11 is 5.84. The number of imidazole rings is 2. The van der Waals surface area contributed by atoms with Gasteiger partial charge in [-0.2, -0.15) is 0 Å². The van der Waals surface area contributed by atoms with Crippen molar-refractivity contribution in [3.05, 3.63) is 88.7 Å². The van der Waals surface area contributed by atoms with Crippen LogP contribution in [0.4, 0.5) is 4.39 Å². The standard InChI is InChI=1S/C30H32ClFN8O3/c1-3-38-19-33-15-23(38)16-39-27(34-25-6-7-26(30(41)42-2)35-29(25)39)17-37-11-8-22(9-12-37)40-13-10-28(36-40)43-18-20-4-5-21(31)14-24(20)32/h4-7,10,13-15,19,22H,3,8-9,11-12,16-18H2,1-2H3. The van der Waals surface area contributed by atoms with Gasteiger partial charge in [0.1, 0.15) is 23.8 Å². The summed E-state index contributed by atoms with van der Waals surface area (Å²) in [4.78, 5) is 28.4. The molecule has 43 heavy (non-hydrogen) atoms. The highest BCUT2D eigenvalue weighted by Crippen LogP contribution is 2.26. The highest BCUT2D eigenvalue weighted by molar-refractivity contribution is 6.30. The van der Waals surface area contributed by atoms with Crippen LogP contribution in [0.5, 0.6) is 5.88 Å². The minimum absolute atomic E-state index is 0.0779. The van der Waals surface area contributed by atoms with E-state index in [9.17, 15) is 9.18 Å². The van der Waals surface area contributed by atoms with Gasteiger partial charge in [-0.1, -0.05) is 17.7 Å². The van der Waals surface area contributed by atoms with E-state index in [-0.39, 0.29) is 18.3 Å². The average molecular weight is 607 g/mol. The Hall–Kier alpha value is -4.29. The number of benzene rings is 1. The van der Waals surface area contributed by atoms with Crippen molar-refractivity contribution in [2.45, 2.75) is 52.0 Å². The van der Waals surface area contributed by atoms with E-state index >= 15 is 0 Å². The number of carbonyl (C=O) groups is 1. The molecule has 1 aliphatic heterocycles. The molecule has 0 unspecified atom stereocenters. The molecule has 13 heteroatoms. The zero-order valence-electron chi connectivity index (χ0n) is 24.0. The van der Waals surface area contributed by atoms with Gasteiger partial charge in [-0.05, 0) is 44.0 Å². The van der Waals surface area contributed by atoms with Crippen LogP contribution in [0.15, 0.2) is 55.1 Å². The van der Waals surface area contributed by atoms with Crippen LogP contribution in [0, 0.1) is 5.82 Å². The quantitative estimate of drug-likeness (QED) is 0.207. The zero-order valence-corrected chi connectivity index (χ0v) is 24.7. The van der Waals surface area contributed by atoms with E-state index in [0.29, 0.717) is 35.2 Å². The molecule has 0 spiro atoms. The lowest BCUT2D eigenvalue weighted by Gasteiger charge is -2.31. The number of rotatable bonds is 10. The van der Waals surface area contributed by atoms with Crippen LogP contribution < -0.4 is 4.74 Å². The number of ether oxygens (including phenoxy) is 2. The van der Waals surface area contributed by atoms with E-state index in [1.165, 1.54) is 13.2 Å². The second kappa shape index (κ2) is 12.5. The Morgan fingerprint density at radius 2 is 1.95 bits per heavy atom. The summed E-state index contributed by atoms with van der Waals surface area (Å²) in [5.41, 5.74) is 3.06. The Labute approximate surface area is 252 Å². The Bertz CT molecular complexity index is 1740. The van der Waals surface area contributed by atoms with Crippen LogP contribution in [-0.4, -0.2) is 64.9 Å². The van der Waals surface area contributed by atoms with Crippen LogP contribution in [0.3, 0.4) is 0 Å². The molecule has 0 N–H and O–H groups in total. The number of nitrogens with zero attached hydrogens (tertiary/aromatic N) is 8. The topological polar surface area (TPSA) is 105 Å². The molecular weight excluding hydrogens is 575 g/mol. The number of hydrogen-bond acceptors (Lipinski definition) is 8. The number of hydrogen-bond donors (Lipinski definition) is 0. The Balaban J connectivity index is 1.13. The molecule has 0 radical (unpaired) electrons. The maximum atomic E-state index is 14.1. The molecular formula is C30H32ClFN8O3. The Morgan fingerprint density at radius 3 is 2.72 bits per heavy atom. The number of halogens is 2. The smallest absolute Gasteiger partial charge is 0.356 e. The molecule has 5 heterocycles. The first-order valence-corrected chi connectivity index (χ1v) is 14.6. The van der Waals surface area contributed by atoms with Crippen molar-refractivity contribution in [2.24, 2.45) is 0 Å². The predicted molar refractivity (Wildman–Crippen MR) is 157 cm³/mol. The fraction of sp³-hybridized carbons (Fsp3) is 0.367. The number of methoxy groups -OCH3 is 1. The molecule has 1 saturated heterocycles. The van der Waals surface area contributed by atoms with Crippen molar-refractivity contribution in [1.82, 2.24) is 38.8 Å². The fourth-order valence-corrected chi connectivity index (χ4v) is 5.57. The lowest BCUT2D eigenvalue weighted by molar-refractivity contribution is 0.0594. The van der Waals surface area contributed by atoms with Crippen LogP contribution in [-0.2, 0) is 31.0 Å². The molecule has 6 rings (SSSR count). The number of aryl methyl sites for hydroxylation is 1. The molecule has 11 nitrogen and oxygen atoms in total. The maximum absolute atomic E-state index is 14.1.